The summed E-state index contributed by atoms with van der Waals surface area (Å²) < 4.78 is 0. The van der Waals surface area contributed by atoms with Crippen LogP contribution in [0.25, 0.3) is 0 Å². The quantitative estimate of drug-likeness (QED) is 0.914. The van der Waals surface area contributed by atoms with Crippen LogP contribution in [-0.4, -0.2) is 47.9 Å². The first-order valence-corrected chi connectivity index (χ1v) is 7.35. The minimum atomic E-state index is -0.389. The third kappa shape index (κ3) is 3.37. The second kappa shape index (κ2) is 6.94. The van der Waals surface area contributed by atoms with Crippen molar-refractivity contribution in [1.29, 1.82) is 5.26 Å². The first-order valence-electron chi connectivity index (χ1n) is 7.35. The minimum Gasteiger partial charge on any atom is -0.342 e. The van der Waals surface area contributed by atoms with Gasteiger partial charge in [0.2, 0.25) is 5.91 Å². The lowest BCUT2D eigenvalue weighted by Crippen LogP contribution is -2.59. The van der Waals surface area contributed by atoms with Crippen molar-refractivity contribution in [1.82, 2.24) is 15.1 Å². The number of piperazine rings is 1. The van der Waals surface area contributed by atoms with Gasteiger partial charge in [-0.25, -0.2) is 4.79 Å². The van der Waals surface area contributed by atoms with Crippen LogP contribution >= 0.6 is 0 Å². The normalized spacial score (nSPS) is 18.0. The van der Waals surface area contributed by atoms with E-state index in [0.29, 0.717) is 31.6 Å². The number of nitrogens with one attached hydrogen (secondary N) is 1. The maximum Gasteiger partial charge on any atom is 0.318 e. The predicted octanol–water partition coefficient (Wildman–Crippen LogP) is 1.32. The summed E-state index contributed by atoms with van der Waals surface area (Å²) in [7, 11) is 1.76. The zero-order chi connectivity index (χ0) is 16.1. The third-order valence-corrected chi connectivity index (χ3v) is 3.89. The van der Waals surface area contributed by atoms with Gasteiger partial charge in [-0.1, -0.05) is 19.1 Å². The summed E-state index contributed by atoms with van der Waals surface area (Å²) in [6.45, 7) is 3.38. The lowest BCUT2D eigenvalue weighted by atomic mass is 10.1. The summed E-state index contributed by atoms with van der Waals surface area (Å²) in [5, 5.41) is 11.6. The Morgan fingerprint density at radius 1 is 1.36 bits per heavy atom. The van der Waals surface area contributed by atoms with E-state index in [2.05, 4.69) is 11.4 Å². The molecule has 22 heavy (non-hydrogen) atoms. The molecule has 1 atom stereocenters. The SMILES string of the molecule is CC[C@H]1C(=O)N(C)CCN1C(=O)NCc1ccc(C#N)cc1. The van der Waals surface area contributed by atoms with Gasteiger partial charge in [-0.15, -0.1) is 0 Å². The topological polar surface area (TPSA) is 76.4 Å². The third-order valence-electron chi connectivity index (χ3n) is 3.89. The zero-order valence-electron chi connectivity index (χ0n) is 12.9. The maximum absolute atomic E-state index is 12.3. The second-order valence-corrected chi connectivity index (χ2v) is 5.34. The number of urea groups is 1. The van der Waals surface area contributed by atoms with Crippen LogP contribution in [0.5, 0.6) is 0 Å². The minimum absolute atomic E-state index is 0.0118. The number of hydrogen-bond acceptors (Lipinski definition) is 3. The van der Waals surface area contributed by atoms with E-state index >= 15 is 0 Å². The van der Waals surface area contributed by atoms with E-state index in [0.717, 1.165) is 5.56 Å². The van der Waals surface area contributed by atoms with Gasteiger partial charge in [0.15, 0.2) is 0 Å². The van der Waals surface area contributed by atoms with E-state index in [1.54, 1.807) is 29.0 Å². The molecular weight excluding hydrogens is 280 g/mol. The number of carbonyl (C=O) groups excluding carboxylic acids is 2. The number of benzene rings is 1. The van der Waals surface area contributed by atoms with Crippen molar-refractivity contribution < 1.29 is 9.59 Å². The van der Waals surface area contributed by atoms with Crippen LogP contribution in [0, 0.1) is 11.3 Å². The summed E-state index contributed by atoms with van der Waals surface area (Å²) in [6, 6.07) is 8.50. The van der Waals surface area contributed by atoms with Crippen molar-refractivity contribution >= 4 is 11.9 Å². The van der Waals surface area contributed by atoms with E-state index in [1.807, 2.05) is 19.1 Å². The van der Waals surface area contributed by atoms with E-state index in [-0.39, 0.29) is 18.0 Å². The van der Waals surface area contributed by atoms with E-state index in [9.17, 15) is 9.59 Å². The highest BCUT2D eigenvalue weighted by Crippen LogP contribution is 2.13. The number of nitrogens with zero attached hydrogens (tertiary/aromatic N) is 3. The molecule has 6 heteroatoms. The molecule has 2 rings (SSSR count). The Hall–Kier alpha value is -2.55. The largest absolute Gasteiger partial charge is 0.342 e. The average molecular weight is 300 g/mol. The number of rotatable bonds is 3. The molecule has 1 aliphatic rings. The summed E-state index contributed by atoms with van der Waals surface area (Å²) in [6.07, 6.45) is 0.605. The first-order chi connectivity index (χ1) is 10.6. The second-order valence-electron chi connectivity index (χ2n) is 5.34. The van der Waals surface area contributed by atoms with Crippen molar-refractivity contribution in [2.24, 2.45) is 0 Å². The Labute approximate surface area is 130 Å². The monoisotopic (exact) mass is 300 g/mol. The van der Waals surface area contributed by atoms with Crippen LogP contribution in [0.2, 0.25) is 0 Å². The summed E-state index contributed by atoms with van der Waals surface area (Å²) in [4.78, 5) is 27.7. The van der Waals surface area contributed by atoms with Gasteiger partial charge < -0.3 is 15.1 Å². The molecule has 1 aliphatic heterocycles. The molecule has 0 aromatic heterocycles. The smallest absolute Gasteiger partial charge is 0.318 e. The van der Waals surface area contributed by atoms with Gasteiger partial charge in [0.1, 0.15) is 6.04 Å². The number of likely N-dealkylation sites (N-methyl/N-ethyl adjacent to an activating group) is 1. The number of nitriles is 1. The molecule has 1 aromatic carbocycles. The Balaban J connectivity index is 1.96. The fourth-order valence-electron chi connectivity index (χ4n) is 2.53. The van der Waals surface area contributed by atoms with Crippen LogP contribution in [0.1, 0.15) is 24.5 Å². The standard InChI is InChI=1S/C16H20N4O2/c1-3-14-15(21)19(2)8-9-20(14)16(22)18-11-13-6-4-12(10-17)5-7-13/h4-7,14H,3,8-9,11H2,1-2H3,(H,18,22)/t14-/m0/s1. The van der Waals surface area contributed by atoms with E-state index in [4.69, 9.17) is 5.26 Å². The van der Waals surface area contributed by atoms with Crippen LogP contribution in [0.15, 0.2) is 24.3 Å². The number of hydrogen-bond donors (Lipinski definition) is 1. The molecule has 1 heterocycles. The van der Waals surface area contributed by atoms with Crippen LogP contribution in [0.4, 0.5) is 4.79 Å². The van der Waals surface area contributed by atoms with Gasteiger partial charge in [0.25, 0.3) is 0 Å². The van der Waals surface area contributed by atoms with E-state index < -0.39 is 0 Å². The molecule has 6 nitrogen and oxygen atoms in total. The molecule has 3 amide bonds. The molecule has 1 saturated heterocycles. The summed E-state index contributed by atoms with van der Waals surface area (Å²) in [5.41, 5.74) is 1.51. The van der Waals surface area contributed by atoms with Crippen molar-refractivity contribution in [3.05, 3.63) is 35.4 Å². The fraction of sp³-hybridized carbons (Fsp3) is 0.438. The number of amides is 3. The van der Waals surface area contributed by atoms with Crippen LogP contribution in [-0.2, 0) is 11.3 Å². The molecule has 0 bridgehead atoms. The Bertz CT molecular complexity index is 591. The fourth-order valence-corrected chi connectivity index (χ4v) is 2.53. The molecule has 0 radical (unpaired) electrons. The molecule has 1 fully saturated rings. The molecular formula is C16H20N4O2. The molecule has 116 valence electrons. The molecule has 1 aromatic rings. The number of carbonyl (C=O) groups is 2. The summed E-state index contributed by atoms with van der Waals surface area (Å²) in [5.74, 6) is -0.0118. The van der Waals surface area contributed by atoms with Crippen molar-refractivity contribution in [2.45, 2.75) is 25.9 Å². The Morgan fingerprint density at radius 3 is 2.64 bits per heavy atom. The van der Waals surface area contributed by atoms with Gasteiger partial charge in [0.05, 0.1) is 11.6 Å². The Kier molecular flexibility index (Phi) is 4.99. The lowest BCUT2D eigenvalue weighted by molar-refractivity contribution is -0.138. The maximum atomic E-state index is 12.3. The van der Waals surface area contributed by atoms with Gasteiger partial charge in [-0.3, -0.25) is 4.79 Å². The van der Waals surface area contributed by atoms with Crippen molar-refractivity contribution in [2.75, 3.05) is 20.1 Å². The molecule has 0 aliphatic carbocycles. The lowest BCUT2D eigenvalue weighted by Gasteiger charge is -2.38. The average Bonchev–Trinajstić information content (AvgIpc) is 2.55. The van der Waals surface area contributed by atoms with Gasteiger partial charge in [-0.2, -0.15) is 5.26 Å². The zero-order valence-corrected chi connectivity index (χ0v) is 12.9. The summed E-state index contributed by atoms with van der Waals surface area (Å²) >= 11 is 0. The van der Waals surface area contributed by atoms with Crippen LogP contribution < -0.4 is 5.32 Å². The first kappa shape index (κ1) is 15.8. The Morgan fingerprint density at radius 2 is 2.05 bits per heavy atom. The predicted molar refractivity (Wildman–Crippen MR) is 81.8 cm³/mol. The highest BCUT2D eigenvalue weighted by Gasteiger charge is 2.34. The van der Waals surface area contributed by atoms with Gasteiger partial charge in [0, 0.05) is 26.7 Å². The molecule has 0 saturated carbocycles. The molecule has 1 N–H and O–H groups in total. The van der Waals surface area contributed by atoms with Gasteiger partial charge >= 0.3 is 6.03 Å². The van der Waals surface area contributed by atoms with Gasteiger partial charge in [-0.05, 0) is 24.1 Å². The van der Waals surface area contributed by atoms with Crippen LogP contribution in [0.3, 0.4) is 0 Å². The molecule has 0 spiro atoms. The van der Waals surface area contributed by atoms with Crippen molar-refractivity contribution in [3.63, 3.8) is 0 Å². The van der Waals surface area contributed by atoms with Crippen molar-refractivity contribution in [3.8, 4) is 6.07 Å². The highest BCUT2D eigenvalue weighted by molar-refractivity contribution is 5.88. The highest BCUT2D eigenvalue weighted by atomic mass is 16.2. The van der Waals surface area contributed by atoms with E-state index in [1.165, 1.54) is 0 Å². The molecule has 0 unspecified atom stereocenters.